The summed E-state index contributed by atoms with van der Waals surface area (Å²) in [6.07, 6.45) is 1.51. The van der Waals surface area contributed by atoms with Gasteiger partial charge >= 0.3 is 0 Å². The molecular weight excluding hydrogens is 306 g/mol. The normalized spacial score (nSPS) is 25.1. The highest BCUT2D eigenvalue weighted by Gasteiger charge is 2.28. The minimum atomic E-state index is -2.88. The van der Waals surface area contributed by atoms with Crippen LogP contribution < -0.4 is 5.32 Å². The van der Waals surface area contributed by atoms with E-state index in [1.165, 1.54) is 0 Å². The number of hydrogen-bond acceptors (Lipinski definition) is 5. The van der Waals surface area contributed by atoms with Gasteiger partial charge < -0.3 is 15.1 Å². The molecular formula is C14H25N3O4S. The Hall–Kier alpha value is -1.15. The van der Waals surface area contributed by atoms with Gasteiger partial charge in [0, 0.05) is 32.6 Å². The number of carbonyl (C=O) groups excluding carboxylic acids is 2. The highest BCUT2D eigenvalue weighted by Crippen LogP contribution is 2.22. The van der Waals surface area contributed by atoms with E-state index in [2.05, 4.69) is 10.2 Å². The molecule has 0 radical (unpaired) electrons. The molecule has 8 heteroatoms. The average Bonchev–Trinajstić information content (AvgIpc) is 2.82. The number of sulfone groups is 1. The lowest BCUT2D eigenvalue weighted by Gasteiger charge is -2.32. The zero-order valence-corrected chi connectivity index (χ0v) is 13.9. The molecule has 1 atom stereocenters. The molecule has 0 bridgehead atoms. The molecule has 0 aromatic heterocycles. The van der Waals surface area contributed by atoms with E-state index >= 15 is 0 Å². The summed E-state index contributed by atoms with van der Waals surface area (Å²) in [4.78, 5) is 27.7. The van der Waals surface area contributed by atoms with Crippen LogP contribution in [0.15, 0.2) is 0 Å². The van der Waals surface area contributed by atoms with E-state index in [0.29, 0.717) is 25.9 Å². The van der Waals surface area contributed by atoms with Gasteiger partial charge in [0.2, 0.25) is 11.8 Å². The standard InChI is InChI=1S/C14H25N3O4S/c1-16-5-7-17(8-6-16)14(19)10-15-13(18)3-2-12-4-9-22(20,21)11-12/h12H,2-11H2,1H3,(H,15,18). The second kappa shape index (κ2) is 7.41. The first-order valence-corrected chi connectivity index (χ1v) is 9.61. The number of likely N-dealkylation sites (N-methyl/N-ethyl adjacent to an activating group) is 1. The van der Waals surface area contributed by atoms with E-state index in [4.69, 9.17) is 0 Å². The van der Waals surface area contributed by atoms with Crippen LogP contribution >= 0.6 is 0 Å². The Morgan fingerprint density at radius 1 is 1.18 bits per heavy atom. The van der Waals surface area contributed by atoms with Crippen LogP contribution in [0.25, 0.3) is 0 Å². The molecule has 2 aliphatic heterocycles. The van der Waals surface area contributed by atoms with Crippen LogP contribution in [0.2, 0.25) is 0 Å². The summed E-state index contributed by atoms with van der Waals surface area (Å²) in [5, 5.41) is 2.64. The van der Waals surface area contributed by atoms with Gasteiger partial charge in [0.25, 0.3) is 0 Å². The summed E-state index contributed by atoms with van der Waals surface area (Å²) < 4.78 is 22.7. The average molecular weight is 331 g/mol. The summed E-state index contributed by atoms with van der Waals surface area (Å²) in [7, 11) is -0.864. The van der Waals surface area contributed by atoms with Crippen molar-refractivity contribution in [3.63, 3.8) is 0 Å². The van der Waals surface area contributed by atoms with Gasteiger partial charge in [-0.1, -0.05) is 0 Å². The maximum Gasteiger partial charge on any atom is 0.242 e. The van der Waals surface area contributed by atoms with Gasteiger partial charge in [-0.3, -0.25) is 9.59 Å². The molecule has 0 aromatic carbocycles. The zero-order chi connectivity index (χ0) is 16.2. The Bertz CT molecular complexity index is 512. The van der Waals surface area contributed by atoms with Crippen LogP contribution in [0.4, 0.5) is 0 Å². The van der Waals surface area contributed by atoms with Crippen molar-refractivity contribution < 1.29 is 18.0 Å². The topological polar surface area (TPSA) is 86.8 Å². The molecule has 2 rings (SSSR count). The molecule has 2 saturated heterocycles. The number of piperazine rings is 1. The molecule has 7 nitrogen and oxygen atoms in total. The fourth-order valence-electron chi connectivity index (χ4n) is 2.87. The van der Waals surface area contributed by atoms with Crippen molar-refractivity contribution in [1.82, 2.24) is 15.1 Å². The molecule has 126 valence electrons. The molecule has 1 N–H and O–H groups in total. The molecule has 0 spiro atoms. The number of nitrogens with zero attached hydrogens (tertiary/aromatic N) is 2. The highest BCUT2D eigenvalue weighted by atomic mass is 32.2. The first-order valence-electron chi connectivity index (χ1n) is 7.79. The monoisotopic (exact) mass is 331 g/mol. The Labute approximate surface area is 131 Å². The van der Waals surface area contributed by atoms with Gasteiger partial charge in [0.1, 0.15) is 0 Å². The third-order valence-corrected chi connectivity index (χ3v) is 6.24. The lowest BCUT2D eigenvalue weighted by molar-refractivity contribution is -0.134. The third kappa shape index (κ3) is 5.24. The molecule has 22 heavy (non-hydrogen) atoms. The molecule has 2 amide bonds. The van der Waals surface area contributed by atoms with E-state index in [1.54, 1.807) is 4.90 Å². The number of rotatable bonds is 5. The van der Waals surface area contributed by atoms with Gasteiger partial charge in [-0.15, -0.1) is 0 Å². The summed E-state index contributed by atoms with van der Waals surface area (Å²) in [6, 6.07) is 0. The summed E-state index contributed by atoms with van der Waals surface area (Å²) in [6.45, 7) is 3.15. The lowest BCUT2D eigenvalue weighted by atomic mass is 10.0. The first kappa shape index (κ1) is 17.2. The Balaban J connectivity index is 1.62. The van der Waals surface area contributed by atoms with Crippen LogP contribution in [0, 0.1) is 5.92 Å². The van der Waals surface area contributed by atoms with Crippen LogP contribution in [0.5, 0.6) is 0 Å². The second-order valence-electron chi connectivity index (χ2n) is 6.27. The van der Waals surface area contributed by atoms with Crippen LogP contribution in [0.1, 0.15) is 19.3 Å². The SMILES string of the molecule is CN1CCN(C(=O)CNC(=O)CCC2CCS(=O)(=O)C2)CC1. The molecule has 0 aromatic rings. The van der Waals surface area contributed by atoms with Crippen molar-refractivity contribution >= 4 is 21.7 Å². The molecule has 2 heterocycles. The van der Waals surface area contributed by atoms with E-state index in [0.717, 1.165) is 13.1 Å². The zero-order valence-electron chi connectivity index (χ0n) is 13.1. The van der Waals surface area contributed by atoms with Gasteiger partial charge in [-0.25, -0.2) is 8.42 Å². The Morgan fingerprint density at radius 2 is 1.86 bits per heavy atom. The minimum absolute atomic E-state index is 0.0332. The van der Waals surface area contributed by atoms with Gasteiger partial charge in [-0.05, 0) is 25.8 Å². The van der Waals surface area contributed by atoms with E-state index < -0.39 is 9.84 Å². The van der Waals surface area contributed by atoms with Crippen molar-refractivity contribution in [2.45, 2.75) is 19.3 Å². The quantitative estimate of drug-likeness (QED) is 0.705. The van der Waals surface area contributed by atoms with E-state index in [9.17, 15) is 18.0 Å². The predicted octanol–water partition coefficient (Wildman–Crippen LogP) is -0.908. The van der Waals surface area contributed by atoms with Gasteiger partial charge in [0.15, 0.2) is 9.84 Å². The number of carbonyl (C=O) groups is 2. The lowest BCUT2D eigenvalue weighted by Crippen LogP contribution is -2.50. The highest BCUT2D eigenvalue weighted by molar-refractivity contribution is 7.91. The maximum atomic E-state index is 12.0. The Morgan fingerprint density at radius 3 is 2.45 bits per heavy atom. The van der Waals surface area contributed by atoms with Crippen LogP contribution in [-0.4, -0.2) is 81.3 Å². The van der Waals surface area contributed by atoms with Crippen LogP contribution in [-0.2, 0) is 19.4 Å². The number of nitrogens with one attached hydrogen (secondary N) is 1. The van der Waals surface area contributed by atoms with Crippen molar-refractivity contribution in [3.8, 4) is 0 Å². The molecule has 0 aliphatic carbocycles. The largest absolute Gasteiger partial charge is 0.347 e. The smallest absolute Gasteiger partial charge is 0.242 e. The van der Waals surface area contributed by atoms with Gasteiger partial charge in [0.05, 0.1) is 18.1 Å². The van der Waals surface area contributed by atoms with Crippen molar-refractivity contribution in [2.24, 2.45) is 5.92 Å². The van der Waals surface area contributed by atoms with Gasteiger partial charge in [-0.2, -0.15) is 0 Å². The number of amides is 2. The second-order valence-corrected chi connectivity index (χ2v) is 8.50. The summed E-state index contributed by atoms with van der Waals surface area (Å²) in [5.74, 6) is 0.294. The first-order chi connectivity index (χ1) is 10.4. The summed E-state index contributed by atoms with van der Waals surface area (Å²) in [5.41, 5.74) is 0. The summed E-state index contributed by atoms with van der Waals surface area (Å²) >= 11 is 0. The number of hydrogen-bond donors (Lipinski definition) is 1. The molecule has 2 aliphatic rings. The van der Waals surface area contributed by atoms with Crippen molar-refractivity contribution in [2.75, 3.05) is 51.3 Å². The van der Waals surface area contributed by atoms with E-state index in [1.807, 2.05) is 7.05 Å². The minimum Gasteiger partial charge on any atom is -0.347 e. The van der Waals surface area contributed by atoms with Crippen molar-refractivity contribution in [1.29, 1.82) is 0 Å². The molecule has 0 saturated carbocycles. The third-order valence-electron chi connectivity index (χ3n) is 4.40. The molecule has 1 unspecified atom stereocenters. The Kier molecular flexibility index (Phi) is 5.80. The van der Waals surface area contributed by atoms with E-state index in [-0.39, 0.29) is 42.2 Å². The molecule has 2 fully saturated rings. The predicted molar refractivity (Wildman–Crippen MR) is 83.1 cm³/mol. The van der Waals surface area contributed by atoms with Crippen LogP contribution in [0.3, 0.4) is 0 Å². The maximum absolute atomic E-state index is 12.0. The fraction of sp³-hybridized carbons (Fsp3) is 0.857. The van der Waals surface area contributed by atoms with Crippen molar-refractivity contribution in [3.05, 3.63) is 0 Å². The fourth-order valence-corrected chi connectivity index (χ4v) is 4.78.